The normalized spacial score (nSPS) is 13.4. The lowest BCUT2D eigenvalue weighted by Gasteiger charge is -2.17. The fraction of sp³-hybridized carbons (Fsp3) is 0.222. The zero-order valence-electron chi connectivity index (χ0n) is 19.2. The molecule has 178 valence electrons. The van der Waals surface area contributed by atoms with Crippen molar-refractivity contribution in [1.82, 2.24) is 14.5 Å². The van der Waals surface area contributed by atoms with E-state index in [1.54, 1.807) is 35.9 Å². The fourth-order valence-corrected chi connectivity index (χ4v) is 5.53. The highest BCUT2D eigenvalue weighted by Crippen LogP contribution is 2.29. The van der Waals surface area contributed by atoms with Crippen molar-refractivity contribution >= 4 is 40.2 Å². The van der Waals surface area contributed by atoms with E-state index in [0.717, 1.165) is 31.5 Å². The Morgan fingerprint density at radius 3 is 2.63 bits per heavy atom. The number of carbonyl (C=O) groups excluding carboxylic acids is 1. The Balaban J connectivity index is 1.62. The fourth-order valence-electron chi connectivity index (χ4n) is 4.23. The van der Waals surface area contributed by atoms with Crippen LogP contribution in [0.15, 0.2) is 76.7 Å². The van der Waals surface area contributed by atoms with Gasteiger partial charge in [-0.2, -0.15) is 0 Å². The lowest BCUT2D eigenvalue weighted by molar-refractivity contribution is 0.0793. The molecule has 0 radical (unpaired) electrons. The average Bonchev–Trinajstić information content (AvgIpc) is 3.43. The number of hydrogen-bond acceptors (Lipinski definition) is 5. The summed E-state index contributed by atoms with van der Waals surface area (Å²) in [6.45, 7) is 1.53. The van der Waals surface area contributed by atoms with Gasteiger partial charge in [-0.05, 0) is 54.8 Å². The van der Waals surface area contributed by atoms with Crippen LogP contribution < -0.4 is 10.3 Å². The lowest BCUT2D eigenvalue weighted by Crippen LogP contribution is -2.28. The minimum atomic E-state index is -0.204. The summed E-state index contributed by atoms with van der Waals surface area (Å²) in [4.78, 5) is 33.4. The lowest BCUT2D eigenvalue weighted by atomic mass is 10.1. The number of benzene rings is 3. The summed E-state index contributed by atoms with van der Waals surface area (Å²) in [5.74, 6) is 1.16. The molecule has 3 aromatic carbocycles. The van der Waals surface area contributed by atoms with E-state index >= 15 is 0 Å². The molecule has 35 heavy (non-hydrogen) atoms. The maximum atomic E-state index is 13.7. The van der Waals surface area contributed by atoms with Crippen LogP contribution in [-0.4, -0.2) is 40.6 Å². The topological polar surface area (TPSA) is 64.4 Å². The van der Waals surface area contributed by atoms with Crippen molar-refractivity contribution < 1.29 is 9.53 Å². The van der Waals surface area contributed by atoms with Gasteiger partial charge in [0.25, 0.3) is 11.5 Å². The van der Waals surface area contributed by atoms with Gasteiger partial charge in [0.1, 0.15) is 5.75 Å². The third-order valence-corrected chi connectivity index (χ3v) is 7.46. The first-order valence-corrected chi connectivity index (χ1v) is 12.8. The van der Waals surface area contributed by atoms with Crippen LogP contribution in [0.4, 0.5) is 0 Å². The Morgan fingerprint density at radius 1 is 1.06 bits per heavy atom. The summed E-state index contributed by atoms with van der Waals surface area (Å²) in [7, 11) is 1.59. The molecule has 2 heterocycles. The Morgan fingerprint density at radius 2 is 1.86 bits per heavy atom. The van der Waals surface area contributed by atoms with E-state index in [4.69, 9.17) is 21.3 Å². The average molecular weight is 506 g/mol. The molecule has 0 bridgehead atoms. The molecule has 4 aromatic rings. The second-order valence-electron chi connectivity index (χ2n) is 8.35. The summed E-state index contributed by atoms with van der Waals surface area (Å²) >= 11 is 7.79. The first-order valence-electron chi connectivity index (χ1n) is 11.4. The van der Waals surface area contributed by atoms with Gasteiger partial charge in [-0.15, -0.1) is 0 Å². The highest BCUT2D eigenvalue weighted by atomic mass is 35.5. The van der Waals surface area contributed by atoms with Crippen molar-refractivity contribution in [2.75, 3.05) is 20.2 Å². The molecule has 1 aromatic heterocycles. The van der Waals surface area contributed by atoms with E-state index in [-0.39, 0.29) is 11.5 Å². The number of rotatable bonds is 6. The van der Waals surface area contributed by atoms with E-state index in [9.17, 15) is 9.59 Å². The van der Waals surface area contributed by atoms with Crippen LogP contribution in [0.5, 0.6) is 5.75 Å². The number of ether oxygens (including phenoxy) is 1. The van der Waals surface area contributed by atoms with Crippen LogP contribution in [0, 0.1) is 0 Å². The number of thioether (sulfide) groups is 1. The summed E-state index contributed by atoms with van der Waals surface area (Å²) in [6.07, 6.45) is 2.04. The third kappa shape index (κ3) is 4.79. The van der Waals surface area contributed by atoms with Crippen molar-refractivity contribution in [3.05, 3.63) is 93.2 Å². The molecular formula is C27H24ClN3O3S. The number of fused-ring (bicyclic) bond motifs is 1. The third-order valence-electron chi connectivity index (χ3n) is 6.10. The van der Waals surface area contributed by atoms with Gasteiger partial charge >= 0.3 is 0 Å². The van der Waals surface area contributed by atoms with Gasteiger partial charge in [-0.25, -0.2) is 4.98 Å². The molecule has 5 rings (SSSR count). The molecule has 0 saturated carbocycles. The van der Waals surface area contributed by atoms with Crippen molar-refractivity contribution in [3.8, 4) is 11.4 Å². The monoisotopic (exact) mass is 505 g/mol. The molecule has 6 nitrogen and oxygen atoms in total. The first-order chi connectivity index (χ1) is 17.0. The Hall–Kier alpha value is -3.29. The van der Waals surface area contributed by atoms with Gasteiger partial charge in [0.05, 0.1) is 23.7 Å². The maximum absolute atomic E-state index is 13.7. The minimum absolute atomic E-state index is 0.0200. The number of amides is 1. The smallest absolute Gasteiger partial charge is 0.266 e. The standard InChI is InChI=1S/C27H24ClN3O3S/c1-34-21-9-6-8-20(16-21)31-26(33)22-12-11-18(25(32)30-13-4-5-14-30)15-24(22)29-27(31)35-17-19-7-2-3-10-23(19)28/h2-3,6-12,15-16H,4-5,13-14,17H2,1H3. The molecule has 1 aliphatic rings. The van der Waals surface area contributed by atoms with Gasteiger partial charge in [0, 0.05) is 35.5 Å². The van der Waals surface area contributed by atoms with Crippen molar-refractivity contribution in [2.24, 2.45) is 0 Å². The highest BCUT2D eigenvalue weighted by Gasteiger charge is 2.21. The van der Waals surface area contributed by atoms with Crippen LogP contribution in [0.25, 0.3) is 16.6 Å². The van der Waals surface area contributed by atoms with Gasteiger partial charge in [0.15, 0.2) is 5.16 Å². The Kier molecular flexibility index (Phi) is 6.79. The van der Waals surface area contributed by atoms with Gasteiger partial charge in [0.2, 0.25) is 0 Å². The molecule has 0 spiro atoms. The SMILES string of the molecule is COc1cccc(-n2c(SCc3ccccc3Cl)nc3cc(C(=O)N4CCCC4)ccc3c2=O)c1. The maximum Gasteiger partial charge on any atom is 0.266 e. The predicted molar refractivity (Wildman–Crippen MR) is 140 cm³/mol. The number of hydrogen-bond donors (Lipinski definition) is 0. The minimum Gasteiger partial charge on any atom is -0.497 e. The largest absolute Gasteiger partial charge is 0.497 e. The number of nitrogens with zero attached hydrogens (tertiary/aromatic N) is 3. The van der Waals surface area contributed by atoms with E-state index in [0.29, 0.717) is 43.8 Å². The molecule has 1 fully saturated rings. The second kappa shape index (κ2) is 10.1. The molecule has 1 aliphatic heterocycles. The van der Waals surface area contributed by atoms with E-state index in [2.05, 4.69) is 0 Å². The van der Waals surface area contributed by atoms with Crippen LogP contribution in [0.3, 0.4) is 0 Å². The Labute approximate surface area is 212 Å². The summed E-state index contributed by atoms with van der Waals surface area (Å²) < 4.78 is 6.97. The van der Waals surface area contributed by atoms with Crippen molar-refractivity contribution in [2.45, 2.75) is 23.8 Å². The van der Waals surface area contributed by atoms with Gasteiger partial charge in [-0.1, -0.05) is 47.6 Å². The predicted octanol–water partition coefficient (Wildman–Crippen LogP) is 5.58. The number of likely N-dealkylation sites (tertiary alicyclic amines) is 1. The van der Waals surface area contributed by atoms with Crippen LogP contribution in [0.2, 0.25) is 5.02 Å². The van der Waals surface area contributed by atoms with Gasteiger partial charge < -0.3 is 9.64 Å². The molecule has 1 amide bonds. The highest BCUT2D eigenvalue weighted by molar-refractivity contribution is 7.98. The molecular weight excluding hydrogens is 482 g/mol. The zero-order chi connectivity index (χ0) is 24.4. The van der Waals surface area contributed by atoms with Crippen molar-refractivity contribution in [1.29, 1.82) is 0 Å². The quantitative estimate of drug-likeness (QED) is 0.253. The number of methoxy groups -OCH3 is 1. The number of aromatic nitrogens is 2. The summed E-state index contributed by atoms with van der Waals surface area (Å²) in [6, 6.07) is 20.1. The van der Waals surface area contributed by atoms with Crippen LogP contribution >= 0.6 is 23.4 Å². The van der Waals surface area contributed by atoms with E-state index < -0.39 is 0 Å². The number of halogens is 1. The first kappa shape index (κ1) is 23.5. The molecule has 8 heteroatoms. The van der Waals surface area contributed by atoms with Crippen LogP contribution in [-0.2, 0) is 5.75 Å². The second-order valence-corrected chi connectivity index (χ2v) is 9.70. The molecule has 1 saturated heterocycles. The van der Waals surface area contributed by atoms with Gasteiger partial charge in [-0.3, -0.25) is 14.2 Å². The van der Waals surface area contributed by atoms with Crippen molar-refractivity contribution in [3.63, 3.8) is 0 Å². The Bertz CT molecular complexity index is 1460. The zero-order valence-corrected chi connectivity index (χ0v) is 20.8. The molecule has 0 aliphatic carbocycles. The summed E-state index contributed by atoms with van der Waals surface area (Å²) in [5, 5.41) is 1.63. The molecule has 0 atom stereocenters. The van der Waals surface area contributed by atoms with E-state index in [1.807, 2.05) is 47.4 Å². The number of carbonyl (C=O) groups is 1. The van der Waals surface area contributed by atoms with E-state index in [1.165, 1.54) is 11.8 Å². The molecule has 0 unspecified atom stereocenters. The van der Waals surface area contributed by atoms with Crippen LogP contribution in [0.1, 0.15) is 28.8 Å². The molecule has 0 N–H and O–H groups in total. The summed E-state index contributed by atoms with van der Waals surface area (Å²) in [5.41, 5.74) is 2.45.